The van der Waals surface area contributed by atoms with E-state index < -0.39 is 0 Å². The average molecular weight is 414 g/mol. The molecule has 0 bridgehead atoms. The van der Waals surface area contributed by atoms with Crippen molar-refractivity contribution in [2.24, 2.45) is 0 Å². The fraction of sp³-hybridized carbons (Fsp3) is 0.400. The first-order chi connectivity index (χ1) is 14.2. The Morgan fingerprint density at radius 1 is 1.31 bits per heavy atom. The summed E-state index contributed by atoms with van der Waals surface area (Å²) in [5.74, 6) is 3.45. The van der Waals surface area contributed by atoms with Crippen molar-refractivity contribution in [1.82, 2.24) is 24.9 Å². The van der Waals surface area contributed by atoms with Crippen LogP contribution in [0.3, 0.4) is 0 Å². The van der Waals surface area contributed by atoms with E-state index in [1.54, 1.807) is 0 Å². The molecule has 1 aliphatic heterocycles. The van der Waals surface area contributed by atoms with Gasteiger partial charge in [-0.05, 0) is 25.5 Å². The van der Waals surface area contributed by atoms with E-state index in [-0.39, 0.29) is 11.4 Å². The van der Waals surface area contributed by atoms with E-state index in [9.17, 15) is 0 Å². The summed E-state index contributed by atoms with van der Waals surface area (Å²) in [6.07, 6.45) is 3.25. The number of nitrogens with zero attached hydrogens (tertiary/aromatic N) is 5. The number of ether oxygens (including phenoxy) is 2. The third kappa shape index (κ3) is 4.14. The van der Waals surface area contributed by atoms with Crippen LogP contribution < -0.4 is 9.47 Å². The van der Waals surface area contributed by atoms with Crippen LogP contribution in [0.25, 0.3) is 0 Å². The van der Waals surface area contributed by atoms with Crippen molar-refractivity contribution in [2.45, 2.75) is 49.7 Å². The number of hydrogen-bond acceptors (Lipinski definition) is 8. The Balaban J connectivity index is 1.54. The summed E-state index contributed by atoms with van der Waals surface area (Å²) >= 11 is 1.51. The maximum absolute atomic E-state index is 6.11. The molecule has 0 saturated heterocycles. The highest BCUT2D eigenvalue weighted by Crippen LogP contribution is 2.38. The molecular weight excluding hydrogens is 390 g/mol. The number of aromatic nitrogens is 5. The van der Waals surface area contributed by atoms with Gasteiger partial charge in [0.15, 0.2) is 34.4 Å². The summed E-state index contributed by atoms with van der Waals surface area (Å²) in [7, 11) is 0. The second-order valence-electron chi connectivity index (χ2n) is 6.66. The molecule has 2 aromatic heterocycles. The van der Waals surface area contributed by atoms with Gasteiger partial charge in [-0.3, -0.25) is 4.57 Å². The molecule has 0 fully saturated rings. The Labute approximate surface area is 173 Å². The number of allylic oxidation sites excluding steroid dienone is 1. The number of para-hydroxylation sites is 2. The second kappa shape index (κ2) is 8.69. The predicted molar refractivity (Wildman–Crippen MR) is 108 cm³/mol. The number of benzene rings is 1. The first-order valence-corrected chi connectivity index (χ1v) is 10.5. The quantitative estimate of drug-likeness (QED) is 0.402. The van der Waals surface area contributed by atoms with Gasteiger partial charge in [0.2, 0.25) is 5.89 Å². The average Bonchev–Trinajstić information content (AvgIpc) is 3.36. The zero-order chi connectivity index (χ0) is 20.2. The van der Waals surface area contributed by atoms with Gasteiger partial charge in [-0.1, -0.05) is 42.1 Å². The van der Waals surface area contributed by atoms with E-state index >= 15 is 0 Å². The van der Waals surface area contributed by atoms with E-state index in [0.717, 1.165) is 29.6 Å². The van der Waals surface area contributed by atoms with Crippen LogP contribution in [0.1, 0.15) is 49.2 Å². The molecule has 0 amide bonds. The van der Waals surface area contributed by atoms with Crippen molar-refractivity contribution < 1.29 is 14.0 Å². The van der Waals surface area contributed by atoms with Gasteiger partial charge in [0.1, 0.15) is 6.61 Å². The molecule has 3 aromatic rings. The van der Waals surface area contributed by atoms with E-state index in [2.05, 4.69) is 33.8 Å². The minimum absolute atomic E-state index is 0.0574. The summed E-state index contributed by atoms with van der Waals surface area (Å²) < 4.78 is 19.3. The molecule has 0 saturated carbocycles. The fourth-order valence-electron chi connectivity index (χ4n) is 3.04. The van der Waals surface area contributed by atoms with Crippen molar-refractivity contribution in [3.8, 4) is 11.5 Å². The highest BCUT2D eigenvalue weighted by molar-refractivity contribution is 7.99. The van der Waals surface area contributed by atoms with E-state index in [4.69, 9.17) is 14.0 Å². The third-order valence-electron chi connectivity index (χ3n) is 4.44. The van der Waals surface area contributed by atoms with Gasteiger partial charge < -0.3 is 14.0 Å². The molecule has 0 unspecified atom stereocenters. The molecule has 4 rings (SSSR count). The first kappa shape index (κ1) is 19.5. The molecule has 0 spiro atoms. The maximum Gasteiger partial charge on any atom is 0.239 e. The van der Waals surface area contributed by atoms with Crippen molar-refractivity contribution in [3.63, 3.8) is 0 Å². The van der Waals surface area contributed by atoms with Gasteiger partial charge in [-0.15, -0.1) is 16.8 Å². The molecular formula is C20H23N5O3S. The number of hydrogen-bond donors (Lipinski definition) is 0. The van der Waals surface area contributed by atoms with Crippen molar-refractivity contribution in [3.05, 3.63) is 54.5 Å². The lowest BCUT2D eigenvalue weighted by atomic mass is 10.2. The smallest absolute Gasteiger partial charge is 0.239 e. The molecule has 1 aromatic carbocycles. The maximum atomic E-state index is 6.11. The Morgan fingerprint density at radius 3 is 2.93 bits per heavy atom. The Kier molecular flexibility index (Phi) is 5.84. The second-order valence-corrected chi connectivity index (χ2v) is 7.97. The zero-order valence-electron chi connectivity index (χ0n) is 16.4. The number of thioether (sulfide) groups is 1. The SMILES string of the molecule is C=CCn1c(S[C@@H](C)c2nc(CCC)no2)nnc1[C@@H]1COc2ccccc2O1. The molecule has 8 nitrogen and oxygen atoms in total. The molecule has 152 valence electrons. The minimum Gasteiger partial charge on any atom is -0.485 e. The largest absolute Gasteiger partial charge is 0.485 e. The van der Waals surface area contributed by atoms with Gasteiger partial charge >= 0.3 is 0 Å². The highest BCUT2D eigenvalue weighted by atomic mass is 32.2. The van der Waals surface area contributed by atoms with Gasteiger partial charge in [0, 0.05) is 13.0 Å². The van der Waals surface area contributed by atoms with Crippen LogP contribution in [0.5, 0.6) is 11.5 Å². The number of aryl methyl sites for hydroxylation is 1. The topological polar surface area (TPSA) is 88.1 Å². The van der Waals surface area contributed by atoms with Crippen LogP contribution in [0.4, 0.5) is 0 Å². The lowest BCUT2D eigenvalue weighted by molar-refractivity contribution is 0.0821. The molecule has 2 atom stereocenters. The van der Waals surface area contributed by atoms with Crippen molar-refractivity contribution in [2.75, 3.05) is 6.61 Å². The summed E-state index contributed by atoms with van der Waals surface area (Å²) in [6, 6.07) is 7.61. The minimum atomic E-state index is -0.346. The first-order valence-electron chi connectivity index (χ1n) is 9.61. The fourth-order valence-corrected chi connectivity index (χ4v) is 3.94. The van der Waals surface area contributed by atoms with Crippen molar-refractivity contribution in [1.29, 1.82) is 0 Å². The summed E-state index contributed by atoms with van der Waals surface area (Å²) in [5.41, 5.74) is 0. The summed E-state index contributed by atoms with van der Waals surface area (Å²) in [4.78, 5) is 4.47. The third-order valence-corrected chi connectivity index (χ3v) is 5.51. The summed E-state index contributed by atoms with van der Waals surface area (Å²) in [6.45, 7) is 8.89. The number of fused-ring (bicyclic) bond motifs is 1. The van der Waals surface area contributed by atoms with E-state index in [1.807, 2.05) is 41.8 Å². The Bertz CT molecular complexity index is 986. The van der Waals surface area contributed by atoms with Crippen LogP contribution in [-0.2, 0) is 13.0 Å². The lowest BCUT2D eigenvalue weighted by Crippen LogP contribution is -2.25. The van der Waals surface area contributed by atoms with E-state index in [0.29, 0.717) is 30.6 Å². The van der Waals surface area contributed by atoms with Crippen LogP contribution in [0.15, 0.2) is 46.6 Å². The van der Waals surface area contributed by atoms with Crippen molar-refractivity contribution >= 4 is 11.8 Å². The molecule has 0 radical (unpaired) electrons. The van der Waals surface area contributed by atoms with Gasteiger partial charge in [-0.25, -0.2) is 0 Å². The monoisotopic (exact) mass is 413 g/mol. The standard InChI is InChI=1S/C20H23N5O3S/c1-4-8-17-21-19(28-24-17)13(3)29-20-23-22-18(25(20)11-5-2)16-12-26-14-9-6-7-10-15(14)27-16/h5-7,9-10,13,16H,2,4,8,11-12H2,1,3H3/t13-,16-/m0/s1. The predicted octanol–water partition coefficient (Wildman–Crippen LogP) is 4.17. The number of rotatable bonds is 8. The lowest BCUT2D eigenvalue weighted by Gasteiger charge is -2.26. The Hall–Kier alpha value is -2.81. The molecule has 0 N–H and O–H groups in total. The van der Waals surface area contributed by atoms with Gasteiger partial charge in [0.05, 0.1) is 5.25 Å². The molecule has 0 aliphatic carbocycles. The van der Waals surface area contributed by atoms with E-state index in [1.165, 1.54) is 11.8 Å². The zero-order valence-corrected chi connectivity index (χ0v) is 17.3. The highest BCUT2D eigenvalue weighted by Gasteiger charge is 2.29. The summed E-state index contributed by atoms with van der Waals surface area (Å²) in [5, 5.41) is 13.5. The van der Waals surface area contributed by atoms with Crippen LogP contribution >= 0.6 is 11.8 Å². The molecule has 29 heavy (non-hydrogen) atoms. The molecule has 3 heterocycles. The van der Waals surface area contributed by atoms with Crippen LogP contribution in [-0.4, -0.2) is 31.5 Å². The van der Waals surface area contributed by atoms with Crippen LogP contribution in [0, 0.1) is 0 Å². The van der Waals surface area contributed by atoms with Gasteiger partial charge in [0.25, 0.3) is 0 Å². The Morgan fingerprint density at radius 2 is 2.14 bits per heavy atom. The molecule has 9 heteroatoms. The normalized spacial score (nSPS) is 16.6. The molecule has 1 aliphatic rings. The van der Waals surface area contributed by atoms with Crippen LogP contribution in [0.2, 0.25) is 0 Å². The van der Waals surface area contributed by atoms with Gasteiger partial charge in [-0.2, -0.15) is 4.98 Å².